The molecule has 0 saturated carbocycles. The summed E-state index contributed by atoms with van der Waals surface area (Å²) in [4.78, 5) is 20.6. The molecular formula is C24H24N4O2S. The van der Waals surface area contributed by atoms with Crippen LogP contribution in [0.3, 0.4) is 0 Å². The van der Waals surface area contributed by atoms with Crippen LogP contribution in [0.4, 0.5) is 0 Å². The molecule has 2 aliphatic rings. The van der Waals surface area contributed by atoms with Gasteiger partial charge < -0.3 is 15.8 Å². The number of para-hydroxylation sites is 1. The molecule has 0 aliphatic carbocycles. The van der Waals surface area contributed by atoms with Crippen molar-refractivity contribution in [3.8, 4) is 5.75 Å². The molecule has 0 bridgehead atoms. The van der Waals surface area contributed by atoms with Crippen LogP contribution in [0.2, 0.25) is 0 Å². The fourth-order valence-corrected chi connectivity index (χ4v) is 5.09. The van der Waals surface area contributed by atoms with E-state index in [0.29, 0.717) is 18.2 Å². The van der Waals surface area contributed by atoms with Gasteiger partial charge in [-0.25, -0.2) is 0 Å². The number of benzene rings is 2. The Labute approximate surface area is 185 Å². The minimum absolute atomic E-state index is 0.153. The molecule has 31 heavy (non-hydrogen) atoms. The highest BCUT2D eigenvalue weighted by molar-refractivity contribution is 8.15. The number of aliphatic imine (C=N–C) groups is 1. The van der Waals surface area contributed by atoms with Crippen LogP contribution in [0.25, 0.3) is 10.9 Å². The highest BCUT2D eigenvalue weighted by Crippen LogP contribution is 2.32. The highest BCUT2D eigenvalue weighted by atomic mass is 32.2. The first kappa shape index (κ1) is 20.0. The van der Waals surface area contributed by atoms with E-state index in [4.69, 9.17) is 15.5 Å². The summed E-state index contributed by atoms with van der Waals surface area (Å²) < 4.78 is 6.21. The first-order chi connectivity index (χ1) is 15.1. The summed E-state index contributed by atoms with van der Waals surface area (Å²) in [5.41, 5.74) is 8.44. The molecule has 0 spiro atoms. The van der Waals surface area contributed by atoms with Gasteiger partial charge in [-0.05, 0) is 55.6 Å². The second-order valence-electron chi connectivity index (χ2n) is 8.03. The third-order valence-corrected chi connectivity index (χ3v) is 6.91. The minimum Gasteiger partial charge on any atom is -0.491 e. The van der Waals surface area contributed by atoms with Crippen molar-refractivity contribution in [3.63, 3.8) is 0 Å². The van der Waals surface area contributed by atoms with Crippen LogP contribution in [0.1, 0.15) is 24.1 Å². The number of carbonyl (C=O) groups is 1. The summed E-state index contributed by atoms with van der Waals surface area (Å²) in [6.07, 6.45) is 2.69. The molecule has 2 atom stereocenters. The fourth-order valence-electron chi connectivity index (χ4n) is 4.23. The van der Waals surface area contributed by atoms with E-state index in [1.165, 1.54) is 11.8 Å². The molecule has 1 fully saturated rings. The van der Waals surface area contributed by atoms with E-state index in [1.807, 2.05) is 42.5 Å². The molecule has 3 heterocycles. The standard InChI is InChI=1S/C24H24N4O2S/c25-23-28-22(29)20(31-23)14-16-6-9-18(10-7-16)30-15-24(12-3-13-26-24)21-11-8-17-4-1-2-5-19(17)27-21/h1-2,4-11,20,26H,3,12-15H2,(H2,25,28,29)/t20?,24-/m1/s1. The Morgan fingerprint density at radius 3 is 2.71 bits per heavy atom. The number of nitrogens with one attached hydrogen (secondary N) is 1. The molecule has 3 aromatic rings. The van der Waals surface area contributed by atoms with Crippen molar-refractivity contribution in [3.05, 3.63) is 71.9 Å². The molecule has 3 N–H and O–H groups in total. The van der Waals surface area contributed by atoms with E-state index in [9.17, 15) is 4.79 Å². The second kappa shape index (κ2) is 8.32. The molecule has 2 aliphatic heterocycles. The Morgan fingerprint density at radius 2 is 1.97 bits per heavy atom. The minimum atomic E-state index is -0.287. The zero-order chi connectivity index (χ0) is 21.3. The average Bonchev–Trinajstić information content (AvgIpc) is 3.40. The third kappa shape index (κ3) is 4.16. The maximum atomic E-state index is 11.8. The van der Waals surface area contributed by atoms with Gasteiger partial charge in [-0.15, -0.1) is 0 Å². The average molecular weight is 433 g/mol. The molecule has 158 valence electrons. The maximum Gasteiger partial charge on any atom is 0.261 e. The van der Waals surface area contributed by atoms with Crippen molar-refractivity contribution in [2.75, 3.05) is 13.2 Å². The lowest BCUT2D eigenvalue weighted by molar-refractivity contribution is -0.117. The highest BCUT2D eigenvalue weighted by Gasteiger charge is 2.37. The number of hydrogen-bond acceptors (Lipinski definition) is 6. The summed E-state index contributed by atoms with van der Waals surface area (Å²) in [6.45, 7) is 1.47. The van der Waals surface area contributed by atoms with Crippen LogP contribution in [0.15, 0.2) is 65.7 Å². The van der Waals surface area contributed by atoms with Crippen LogP contribution in [-0.2, 0) is 16.8 Å². The molecule has 0 radical (unpaired) electrons. The number of fused-ring (bicyclic) bond motifs is 1. The lowest BCUT2D eigenvalue weighted by Crippen LogP contribution is -2.43. The Morgan fingerprint density at radius 1 is 1.13 bits per heavy atom. The third-order valence-electron chi connectivity index (χ3n) is 5.92. The normalized spacial score (nSPS) is 23.3. The SMILES string of the molecule is NC1=NC(=O)C(Cc2ccc(OC[C@@]3(c4ccc5ccccc5n4)CCCN3)cc2)S1. The predicted octanol–water partition coefficient (Wildman–Crippen LogP) is 3.39. The number of carbonyl (C=O) groups excluding carboxylic acids is 1. The lowest BCUT2D eigenvalue weighted by Gasteiger charge is -2.29. The number of ether oxygens (including phenoxy) is 1. The fraction of sp³-hybridized carbons (Fsp3) is 0.292. The van der Waals surface area contributed by atoms with E-state index in [-0.39, 0.29) is 16.7 Å². The molecule has 7 heteroatoms. The van der Waals surface area contributed by atoms with Gasteiger partial charge in [-0.3, -0.25) is 9.78 Å². The molecule has 1 amide bonds. The Kier molecular flexibility index (Phi) is 5.38. The largest absolute Gasteiger partial charge is 0.491 e. The number of nitrogens with zero attached hydrogens (tertiary/aromatic N) is 2. The number of nitrogens with two attached hydrogens (primary N) is 1. The van der Waals surface area contributed by atoms with Crippen LogP contribution >= 0.6 is 11.8 Å². The quantitative estimate of drug-likeness (QED) is 0.621. The van der Waals surface area contributed by atoms with Gasteiger partial charge in [0.2, 0.25) is 0 Å². The van der Waals surface area contributed by atoms with Crippen LogP contribution in [-0.4, -0.2) is 34.5 Å². The maximum absolute atomic E-state index is 11.8. The van der Waals surface area contributed by atoms with E-state index in [2.05, 4.69) is 28.5 Å². The Balaban J connectivity index is 1.28. The molecule has 2 aromatic carbocycles. The number of amides is 1. The number of rotatable bonds is 6. The van der Waals surface area contributed by atoms with Crippen LogP contribution in [0.5, 0.6) is 5.75 Å². The van der Waals surface area contributed by atoms with Crippen LogP contribution in [0, 0.1) is 0 Å². The second-order valence-corrected chi connectivity index (χ2v) is 9.26. The monoisotopic (exact) mass is 432 g/mol. The lowest BCUT2D eigenvalue weighted by atomic mass is 9.93. The van der Waals surface area contributed by atoms with Crippen molar-refractivity contribution in [2.45, 2.75) is 30.1 Å². The van der Waals surface area contributed by atoms with Gasteiger partial charge in [-0.1, -0.05) is 48.2 Å². The molecule has 1 aromatic heterocycles. The summed E-state index contributed by atoms with van der Waals surface area (Å²) in [5.74, 6) is 0.652. The van der Waals surface area contributed by atoms with Crippen molar-refractivity contribution in [1.82, 2.24) is 10.3 Å². The zero-order valence-electron chi connectivity index (χ0n) is 17.1. The van der Waals surface area contributed by atoms with Crippen molar-refractivity contribution in [2.24, 2.45) is 10.7 Å². The molecular weight excluding hydrogens is 408 g/mol. The smallest absolute Gasteiger partial charge is 0.261 e. The van der Waals surface area contributed by atoms with Crippen LogP contribution < -0.4 is 15.8 Å². The summed E-state index contributed by atoms with van der Waals surface area (Å²) in [5, 5.41) is 4.91. The predicted molar refractivity (Wildman–Crippen MR) is 124 cm³/mol. The number of amidine groups is 1. The molecule has 1 saturated heterocycles. The van der Waals surface area contributed by atoms with E-state index >= 15 is 0 Å². The number of aromatic nitrogens is 1. The van der Waals surface area contributed by atoms with Gasteiger partial charge >= 0.3 is 0 Å². The first-order valence-electron chi connectivity index (χ1n) is 10.5. The molecule has 5 rings (SSSR count). The number of pyridine rings is 1. The van der Waals surface area contributed by atoms with E-state index < -0.39 is 0 Å². The Bertz CT molecular complexity index is 1140. The van der Waals surface area contributed by atoms with Gasteiger partial charge in [0.05, 0.1) is 22.0 Å². The Hall–Kier alpha value is -2.90. The topological polar surface area (TPSA) is 89.6 Å². The van der Waals surface area contributed by atoms with Gasteiger partial charge in [0, 0.05) is 5.39 Å². The molecule has 6 nitrogen and oxygen atoms in total. The van der Waals surface area contributed by atoms with Gasteiger partial charge in [0.25, 0.3) is 5.91 Å². The van der Waals surface area contributed by atoms with Crippen molar-refractivity contribution < 1.29 is 9.53 Å². The number of thioether (sulfide) groups is 1. The van der Waals surface area contributed by atoms with Gasteiger partial charge in [-0.2, -0.15) is 4.99 Å². The molecule has 1 unspecified atom stereocenters. The van der Waals surface area contributed by atoms with E-state index in [0.717, 1.165) is 47.3 Å². The summed E-state index contributed by atoms with van der Waals surface area (Å²) in [6, 6.07) is 20.3. The van der Waals surface area contributed by atoms with Crippen molar-refractivity contribution in [1.29, 1.82) is 0 Å². The van der Waals surface area contributed by atoms with Crippen molar-refractivity contribution >= 4 is 33.7 Å². The van der Waals surface area contributed by atoms with E-state index in [1.54, 1.807) is 0 Å². The summed E-state index contributed by atoms with van der Waals surface area (Å²) >= 11 is 1.33. The number of hydrogen-bond donors (Lipinski definition) is 2. The van der Waals surface area contributed by atoms with Gasteiger partial charge in [0.1, 0.15) is 12.4 Å². The summed E-state index contributed by atoms with van der Waals surface area (Å²) in [7, 11) is 0. The zero-order valence-corrected chi connectivity index (χ0v) is 17.9. The van der Waals surface area contributed by atoms with Gasteiger partial charge in [0.15, 0.2) is 5.17 Å². The first-order valence-corrected chi connectivity index (χ1v) is 11.4.